The summed E-state index contributed by atoms with van der Waals surface area (Å²) in [5.41, 5.74) is 2.66. The normalized spacial score (nSPS) is 14.4. The highest BCUT2D eigenvalue weighted by molar-refractivity contribution is 5.83. The minimum Gasteiger partial charge on any atom is -0.490 e. The maximum Gasteiger partial charge on any atom is 0.192 e. The zero-order chi connectivity index (χ0) is 13.4. The van der Waals surface area contributed by atoms with Crippen LogP contribution < -0.4 is 14.9 Å². The van der Waals surface area contributed by atoms with Crippen LogP contribution >= 0.6 is 0 Å². The number of benzene rings is 1. The van der Waals surface area contributed by atoms with E-state index in [4.69, 9.17) is 9.47 Å². The smallest absolute Gasteiger partial charge is 0.192 e. The first kappa shape index (κ1) is 12.1. The Morgan fingerprint density at radius 2 is 1.89 bits per heavy atom. The lowest BCUT2D eigenvalue weighted by Gasteiger charge is -2.11. The van der Waals surface area contributed by atoms with Crippen molar-refractivity contribution in [2.24, 2.45) is 0 Å². The van der Waals surface area contributed by atoms with Gasteiger partial charge in [-0.05, 0) is 19.4 Å². The quantitative estimate of drug-likeness (QED) is 0.856. The summed E-state index contributed by atoms with van der Waals surface area (Å²) in [5.74, 6) is 1.38. The number of rotatable bonds is 1. The standard InChI is InChI=1S/C15H17NO3/c1-3-10-9(2)16-12-8-14-13(7-11(12)15(10)17)18-5-4-6-19-14/h7-8H,3-6H2,1-2H3,(H,16,17). The molecule has 19 heavy (non-hydrogen) atoms. The summed E-state index contributed by atoms with van der Waals surface area (Å²) in [6.45, 7) is 5.20. The summed E-state index contributed by atoms with van der Waals surface area (Å²) in [7, 11) is 0. The lowest BCUT2D eigenvalue weighted by atomic mass is 10.1. The van der Waals surface area contributed by atoms with Gasteiger partial charge in [-0.2, -0.15) is 0 Å². The summed E-state index contributed by atoms with van der Waals surface area (Å²) in [6.07, 6.45) is 1.59. The molecule has 4 nitrogen and oxygen atoms in total. The first-order chi connectivity index (χ1) is 9.20. The highest BCUT2D eigenvalue weighted by Gasteiger charge is 2.15. The number of H-pyrrole nitrogens is 1. The predicted molar refractivity (Wildman–Crippen MR) is 74.3 cm³/mol. The van der Waals surface area contributed by atoms with E-state index >= 15 is 0 Å². The highest BCUT2D eigenvalue weighted by atomic mass is 16.5. The third-order valence-electron chi connectivity index (χ3n) is 3.53. The molecule has 0 bridgehead atoms. The maximum atomic E-state index is 12.4. The third kappa shape index (κ3) is 1.97. The molecule has 0 saturated carbocycles. The van der Waals surface area contributed by atoms with E-state index in [1.54, 1.807) is 6.07 Å². The zero-order valence-electron chi connectivity index (χ0n) is 11.2. The molecule has 0 atom stereocenters. The summed E-state index contributed by atoms with van der Waals surface area (Å²) >= 11 is 0. The Bertz CT molecular complexity index is 688. The lowest BCUT2D eigenvalue weighted by Crippen LogP contribution is -2.12. The number of aryl methyl sites for hydroxylation is 1. The van der Waals surface area contributed by atoms with E-state index in [9.17, 15) is 4.79 Å². The average molecular weight is 259 g/mol. The number of ether oxygens (including phenoxy) is 2. The van der Waals surface area contributed by atoms with Crippen molar-refractivity contribution >= 4 is 10.9 Å². The minimum absolute atomic E-state index is 0.0874. The van der Waals surface area contributed by atoms with Gasteiger partial charge in [0.2, 0.25) is 0 Å². The van der Waals surface area contributed by atoms with Crippen molar-refractivity contribution in [3.8, 4) is 11.5 Å². The highest BCUT2D eigenvalue weighted by Crippen LogP contribution is 2.32. The predicted octanol–water partition coefficient (Wildman–Crippen LogP) is 2.56. The molecule has 100 valence electrons. The fourth-order valence-corrected chi connectivity index (χ4v) is 2.54. The molecule has 0 spiro atoms. The second-order valence-electron chi connectivity index (χ2n) is 4.81. The zero-order valence-corrected chi connectivity index (χ0v) is 11.2. The Hall–Kier alpha value is -1.97. The van der Waals surface area contributed by atoms with Crippen molar-refractivity contribution in [2.75, 3.05) is 13.2 Å². The summed E-state index contributed by atoms with van der Waals surface area (Å²) < 4.78 is 11.3. The van der Waals surface area contributed by atoms with Crippen LogP contribution in [-0.4, -0.2) is 18.2 Å². The van der Waals surface area contributed by atoms with Crippen LogP contribution in [0.25, 0.3) is 10.9 Å². The summed E-state index contributed by atoms with van der Waals surface area (Å²) in [4.78, 5) is 15.7. The van der Waals surface area contributed by atoms with Crippen LogP contribution in [0.5, 0.6) is 11.5 Å². The number of hydrogen-bond acceptors (Lipinski definition) is 3. The van der Waals surface area contributed by atoms with Gasteiger partial charge in [-0.3, -0.25) is 4.79 Å². The van der Waals surface area contributed by atoms with E-state index in [1.807, 2.05) is 19.9 Å². The summed E-state index contributed by atoms with van der Waals surface area (Å²) in [6, 6.07) is 3.66. The maximum absolute atomic E-state index is 12.4. The van der Waals surface area contributed by atoms with Gasteiger partial charge in [0.15, 0.2) is 16.9 Å². The fourth-order valence-electron chi connectivity index (χ4n) is 2.54. The monoisotopic (exact) mass is 259 g/mol. The molecule has 2 aromatic rings. The largest absolute Gasteiger partial charge is 0.490 e. The number of pyridine rings is 1. The Balaban J connectivity index is 2.30. The third-order valence-corrected chi connectivity index (χ3v) is 3.53. The molecule has 1 aromatic heterocycles. The number of aromatic nitrogens is 1. The first-order valence-corrected chi connectivity index (χ1v) is 6.66. The molecule has 0 saturated heterocycles. The van der Waals surface area contributed by atoms with Crippen LogP contribution in [-0.2, 0) is 6.42 Å². The molecule has 2 heterocycles. The Morgan fingerprint density at radius 3 is 2.58 bits per heavy atom. The van der Waals surface area contributed by atoms with Gasteiger partial charge in [0.1, 0.15) is 0 Å². The van der Waals surface area contributed by atoms with E-state index in [1.165, 1.54) is 0 Å². The molecule has 1 aliphatic rings. The van der Waals surface area contributed by atoms with Crippen LogP contribution in [0.1, 0.15) is 24.6 Å². The number of fused-ring (bicyclic) bond motifs is 2. The molecule has 1 aliphatic heterocycles. The lowest BCUT2D eigenvalue weighted by molar-refractivity contribution is 0.297. The van der Waals surface area contributed by atoms with Crippen molar-refractivity contribution in [2.45, 2.75) is 26.7 Å². The molecule has 1 N–H and O–H groups in total. The van der Waals surface area contributed by atoms with Gasteiger partial charge in [-0.15, -0.1) is 0 Å². The second-order valence-corrected chi connectivity index (χ2v) is 4.81. The Morgan fingerprint density at radius 1 is 1.21 bits per heavy atom. The second kappa shape index (κ2) is 4.61. The van der Waals surface area contributed by atoms with E-state index in [2.05, 4.69) is 4.98 Å². The molecular formula is C15H17NO3. The van der Waals surface area contributed by atoms with Crippen LogP contribution in [0, 0.1) is 6.92 Å². The number of nitrogens with one attached hydrogen (secondary N) is 1. The minimum atomic E-state index is 0.0874. The fraction of sp³-hybridized carbons (Fsp3) is 0.400. The van der Waals surface area contributed by atoms with Crippen LogP contribution in [0.3, 0.4) is 0 Å². The molecular weight excluding hydrogens is 242 g/mol. The van der Waals surface area contributed by atoms with Gasteiger partial charge in [0.05, 0.1) is 18.7 Å². The number of hydrogen-bond donors (Lipinski definition) is 1. The van der Waals surface area contributed by atoms with Crippen molar-refractivity contribution in [3.63, 3.8) is 0 Å². The topological polar surface area (TPSA) is 51.3 Å². The van der Waals surface area contributed by atoms with Crippen molar-refractivity contribution in [1.82, 2.24) is 4.98 Å². The molecule has 1 aromatic carbocycles. The Labute approximate surface area is 111 Å². The number of aromatic amines is 1. The van der Waals surface area contributed by atoms with Gasteiger partial charge in [-0.25, -0.2) is 0 Å². The van der Waals surface area contributed by atoms with Crippen molar-refractivity contribution in [1.29, 1.82) is 0 Å². The Kier molecular flexibility index (Phi) is 2.93. The van der Waals surface area contributed by atoms with E-state index < -0.39 is 0 Å². The molecule has 0 aliphatic carbocycles. The van der Waals surface area contributed by atoms with E-state index in [0.717, 1.165) is 29.6 Å². The SMILES string of the molecule is CCc1c(C)[nH]c2cc3c(cc2c1=O)OCCCO3. The summed E-state index contributed by atoms with van der Waals surface area (Å²) in [5, 5.41) is 0.673. The molecule has 4 heteroatoms. The van der Waals surface area contributed by atoms with Crippen LogP contribution in [0.2, 0.25) is 0 Å². The van der Waals surface area contributed by atoms with Gasteiger partial charge in [-0.1, -0.05) is 6.92 Å². The van der Waals surface area contributed by atoms with Gasteiger partial charge >= 0.3 is 0 Å². The van der Waals surface area contributed by atoms with Crippen LogP contribution in [0.15, 0.2) is 16.9 Å². The molecule has 0 amide bonds. The van der Waals surface area contributed by atoms with Gasteiger partial charge in [0, 0.05) is 29.1 Å². The van der Waals surface area contributed by atoms with Gasteiger partial charge < -0.3 is 14.5 Å². The van der Waals surface area contributed by atoms with Gasteiger partial charge in [0.25, 0.3) is 0 Å². The van der Waals surface area contributed by atoms with Crippen LogP contribution in [0.4, 0.5) is 0 Å². The average Bonchev–Trinajstić information content (AvgIpc) is 2.62. The first-order valence-electron chi connectivity index (χ1n) is 6.66. The van der Waals surface area contributed by atoms with Crippen molar-refractivity contribution < 1.29 is 9.47 Å². The molecule has 0 fully saturated rings. The van der Waals surface area contributed by atoms with Crippen molar-refractivity contribution in [3.05, 3.63) is 33.6 Å². The molecule has 3 rings (SSSR count). The molecule has 0 unspecified atom stereocenters. The van der Waals surface area contributed by atoms with E-state index in [0.29, 0.717) is 30.1 Å². The molecule has 0 radical (unpaired) electrons. The van der Waals surface area contributed by atoms with E-state index in [-0.39, 0.29) is 5.43 Å².